The minimum absolute atomic E-state index is 0.800. The zero-order chi connectivity index (χ0) is 11.1. The normalized spacial score (nSPS) is 11.1. The molecule has 2 heteroatoms. The monoisotopic (exact) mass is 223 g/mol. The molecule has 0 bridgehead atoms. The first-order chi connectivity index (χ1) is 7.24. The molecule has 0 spiro atoms. The molecule has 82 valence electrons. The molecule has 0 radical (unpaired) electrons. The van der Waals surface area contributed by atoms with E-state index in [1.54, 1.807) is 0 Å². The molecule has 0 amide bonds. The maximum atomic E-state index is 5.88. The number of nitrogens with one attached hydrogen (secondary N) is 1. The standard InChI is InChI=1S/C13H18ClN/c1-3-8-15-9-4-5-12-6-7-13(14)10-11(12)2/h4-7,10,15H,3,8-9H2,1-2H3/b5-4+. The van der Waals surface area contributed by atoms with Crippen LogP contribution in [0.25, 0.3) is 6.08 Å². The van der Waals surface area contributed by atoms with E-state index in [9.17, 15) is 0 Å². The first kappa shape index (κ1) is 12.3. The molecule has 0 atom stereocenters. The highest BCUT2D eigenvalue weighted by atomic mass is 35.5. The molecule has 1 nitrogen and oxygen atoms in total. The van der Waals surface area contributed by atoms with Crippen molar-refractivity contribution in [3.05, 3.63) is 40.4 Å². The van der Waals surface area contributed by atoms with Crippen LogP contribution in [-0.4, -0.2) is 13.1 Å². The van der Waals surface area contributed by atoms with Crippen LogP contribution in [-0.2, 0) is 0 Å². The van der Waals surface area contributed by atoms with Crippen molar-refractivity contribution in [1.29, 1.82) is 0 Å². The Balaban J connectivity index is 2.49. The Kier molecular flexibility index (Phi) is 5.44. The number of hydrogen-bond acceptors (Lipinski definition) is 1. The summed E-state index contributed by atoms with van der Waals surface area (Å²) in [5.74, 6) is 0. The molecule has 0 aromatic heterocycles. The predicted octanol–water partition coefficient (Wildman–Crippen LogP) is 3.66. The van der Waals surface area contributed by atoms with Gasteiger partial charge in [-0.2, -0.15) is 0 Å². The molecule has 1 N–H and O–H groups in total. The van der Waals surface area contributed by atoms with E-state index in [1.165, 1.54) is 17.5 Å². The highest BCUT2D eigenvalue weighted by Gasteiger charge is 1.94. The van der Waals surface area contributed by atoms with Crippen LogP contribution in [0.1, 0.15) is 24.5 Å². The molecular weight excluding hydrogens is 206 g/mol. The van der Waals surface area contributed by atoms with Crippen LogP contribution in [0.4, 0.5) is 0 Å². The van der Waals surface area contributed by atoms with Crippen molar-refractivity contribution < 1.29 is 0 Å². The van der Waals surface area contributed by atoms with Crippen LogP contribution in [0, 0.1) is 6.92 Å². The van der Waals surface area contributed by atoms with Crippen molar-refractivity contribution in [2.45, 2.75) is 20.3 Å². The van der Waals surface area contributed by atoms with E-state index < -0.39 is 0 Å². The lowest BCUT2D eigenvalue weighted by Gasteiger charge is -2.01. The van der Waals surface area contributed by atoms with E-state index in [0.29, 0.717) is 0 Å². The summed E-state index contributed by atoms with van der Waals surface area (Å²) in [5, 5.41) is 4.12. The highest BCUT2D eigenvalue weighted by molar-refractivity contribution is 6.30. The summed E-state index contributed by atoms with van der Waals surface area (Å²) < 4.78 is 0. The fourth-order valence-electron chi connectivity index (χ4n) is 1.37. The molecule has 0 saturated heterocycles. The summed E-state index contributed by atoms with van der Waals surface area (Å²) in [6, 6.07) is 5.96. The van der Waals surface area contributed by atoms with Gasteiger partial charge in [0.05, 0.1) is 0 Å². The van der Waals surface area contributed by atoms with Gasteiger partial charge in [-0.15, -0.1) is 0 Å². The van der Waals surface area contributed by atoms with Gasteiger partial charge in [0.15, 0.2) is 0 Å². The van der Waals surface area contributed by atoms with Crippen LogP contribution < -0.4 is 5.32 Å². The van der Waals surface area contributed by atoms with Crippen molar-refractivity contribution in [3.63, 3.8) is 0 Å². The zero-order valence-electron chi connectivity index (χ0n) is 9.39. The van der Waals surface area contributed by atoms with Gasteiger partial charge >= 0.3 is 0 Å². The molecular formula is C13H18ClN. The first-order valence-corrected chi connectivity index (χ1v) is 5.75. The summed E-state index contributed by atoms with van der Waals surface area (Å²) in [5.41, 5.74) is 2.45. The van der Waals surface area contributed by atoms with Gasteiger partial charge in [0.1, 0.15) is 0 Å². The molecule has 1 aromatic carbocycles. The van der Waals surface area contributed by atoms with Crippen molar-refractivity contribution in [3.8, 4) is 0 Å². The van der Waals surface area contributed by atoms with Crippen LogP contribution in [0.5, 0.6) is 0 Å². The Morgan fingerprint density at radius 1 is 1.40 bits per heavy atom. The predicted molar refractivity (Wildman–Crippen MR) is 68.4 cm³/mol. The van der Waals surface area contributed by atoms with E-state index in [4.69, 9.17) is 11.6 Å². The van der Waals surface area contributed by atoms with Gasteiger partial charge in [-0.05, 0) is 43.1 Å². The third-order valence-electron chi connectivity index (χ3n) is 2.22. The number of aryl methyl sites for hydroxylation is 1. The SMILES string of the molecule is CCCNC/C=C/c1ccc(Cl)cc1C. The lowest BCUT2D eigenvalue weighted by molar-refractivity contribution is 0.730. The largest absolute Gasteiger partial charge is 0.313 e. The van der Waals surface area contributed by atoms with E-state index in [2.05, 4.69) is 31.3 Å². The van der Waals surface area contributed by atoms with Crippen LogP contribution in [0.15, 0.2) is 24.3 Å². The number of rotatable bonds is 5. The fourth-order valence-corrected chi connectivity index (χ4v) is 1.60. The van der Waals surface area contributed by atoms with Gasteiger partial charge in [0.25, 0.3) is 0 Å². The average molecular weight is 224 g/mol. The van der Waals surface area contributed by atoms with Gasteiger partial charge in [0, 0.05) is 11.6 Å². The molecule has 1 aromatic rings. The van der Waals surface area contributed by atoms with Crippen LogP contribution in [0.2, 0.25) is 5.02 Å². The van der Waals surface area contributed by atoms with Crippen molar-refractivity contribution >= 4 is 17.7 Å². The smallest absolute Gasteiger partial charge is 0.0409 e. The van der Waals surface area contributed by atoms with Gasteiger partial charge in [-0.3, -0.25) is 0 Å². The molecule has 1 rings (SSSR count). The summed E-state index contributed by atoms with van der Waals surface area (Å²) in [6.07, 6.45) is 5.45. The number of benzene rings is 1. The molecule has 0 heterocycles. The Morgan fingerprint density at radius 3 is 2.87 bits per heavy atom. The van der Waals surface area contributed by atoms with E-state index >= 15 is 0 Å². The van der Waals surface area contributed by atoms with E-state index in [-0.39, 0.29) is 0 Å². The molecule has 0 aliphatic rings. The Bertz CT molecular complexity index is 331. The van der Waals surface area contributed by atoms with Crippen LogP contribution >= 0.6 is 11.6 Å². The third-order valence-corrected chi connectivity index (χ3v) is 2.45. The van der Waals surface area contributed by atoms with Gasteiger partial charge in [-0.1, -0.05) is 36.7 Å². The summed E-state index contributed by atoms with van der Waals surface area (Å²) >= 11 is 5.88. The van der Waals surface area contributed by atoms with E-state index in [0.717, 1.165) is 18.1 Å². The fraction of sp³-hybridized carbons (Fsp3) is 0.385. The summed E-state index contributed by atoms with van der Waals surface area (Å²) in [4.78, 5) is 0. The Morgan fingerprint density at radius 2 is 2.20 bits per heavy atom. The molecule has 0 aliphatic carbocycles. The molecule has 0 unspecified atom stereocenters. The van der Waals surface area contributed by atoms with Crippen molar-refractivity contribution in [2.75, 3.05) is 13.1 Å². The minimum Gasteiger partial charge on any atom is -0.313 e. The topological polar surface area (TPSA) is 12.0 Å². The van der Waals surface area contributed by atoms with Crippen LogP contribution in [0.3, 0.4) is 0 Å². The molecule has 0 saturated carbocycles. The average Bonchev–Trinajstić information content (AvgIpc) is 2.20. The lowest BCUT2D eigenvalue weighted by Crippen LogP contribution is -2.13. The molecule has 15 heavy (non-hydrogen) atoms. The third kappa shape index (κ3) is 4.50. The zero-order valence-corrected chi connectivity index (χ0v) is 10.1. The van der Waals surface area contributed by atoms with Gasteiger partial charge in [-0.25, -0.2) is 0 Å². The minimum atomic E-state index is 0.800. The Labute approximate surface area is 97.1 Å². The second kappa shape index (κ2) is 6.65. The second-order valence-corrected chi connectivity index (χ2v) is 4.04. The molecule has 0 aliphatic heterocycles. The van der Waals surface area contributed by atoms with Gasteiger partial charge in [0.2, 0.25) is 0 Å². The highest BCUT2D eigenvalue weighted by Crippen LogP contribution is 2.16. The lowest BCUT2D eigenvalue weighted by atomic mass is 10.1. The maximum Gasteiger partial charge on any atom is 0.0409 e. The van der Waals surface area contributed by atoms with Gasteiger partial charge < -0.3 is 5.32 Å². The van der Waals surface area contributed by atoms with Crippen molar-refractivity contribution in [2.24, 2.45) is 0 Å². The quantitative estimate of drug-likeness (QED) is 0.752. The second-order valence-electron chi connectivity index (χ2n) is 3.61. The maximum absolute atomic E-state index is 5.88. The number of hydrogen-bond donors (Lipinski definition) is 1. The first-order valence-electron chi connectivity index (χ1n) is 5.37. The summed E-state index contributed by atoms with van der Waals surface area (Å²) in [7, 11) is 0. The molecule has 0 fully saturated rings. The summed E-state index contributed by atoms with van der Waals surface area (Å²) in [6.45, 7) is 6.24. The van der Waals surface area contributed by atoms with E-state index in [1.807, 2.05) is 18.2 Å². The van der Waals surface area contributed by atoms with Crippen molar-refractivity contribution in [1.82, 2.24) is 5.32 Å². The Hall–Kier alpha value is -0.790. The number of halogens is 1.